The van der Waals surface area contributed by atoms with Gasteiger partial charge in [-0.2, -0.15) is 0 Å². The van der Waals surface area contributed by atoms with Crippen molar-refractivity contribution in [1.82, 2.24) is 0 Å². The Bertz CT molecular complexity index is 312. The number of carboxylic acid groups (broad SMARTS) is 1. The van der Waals surface area contributed by atoms with Crippen molar-refractivity contribution >= 4 is 34.5 Å². The molecule has 0 fully saturated rings. The normalized spacial score (nSPS) is 9.83. The standard InChI is InChI=1S/C8H7BrO2S/c9-6-3-1-2-5(8(6)12)4-7(10)11/h1-3,12H,4H2,(H,10,11). The van der Waals surface area contributed by atoms with Gasteiger partial charge in [-0.05, 0) is 27.6 Å². The van der Waals surface area contributed by atoms with Gasteiger partial charge in [0.05, 0.1) is 6.42 Å². The van der Waals surface area contributed by atoms with E-state index in [9.17, 15) is 4.79 Å². The molecule has 0 saturated heterocycles. The highest BCUT2D eigenvalue weighted by atomic mass is 79.9. The van der Waals surface area contributed by atoms with E-state index in [-0.39, 0.29) is 6.42 Å². The molecule has 64 valence electrons. The number of benzene rings is 1. The third kappa shape index (κ3) is 2.25. The van der Waals surface area contributed by atoms with Crippen molar-refractivity contribution in [2.75, 3.05) is 0 Å². The van der Waals surface area contributed by atoms with E-state index in [4.69, 9.17) is 5.11 Å². The topological polar surface area (TPSA) is 37.3 Å². The van der Waals surface area contributed by atoms with Gasteiger partial charge < -0.3 is 5.11 Å². The Morgan fingerprint density at radius 1 is 1.58 bits per heavy atom. The Morgan fingerprint density at radius 3 is 2.83 bits per heavy atom. The lowest BCUT2D eigenvalue weighted by molar-refractivity contribution is -0.136. The summed E-state index contributed by atoms with van der Waals surface area (Å²) in [5.41, 5.74) is 0.722. The third-order valence-electron chi connectivity index (χ3n) is 1.41. The van der Waals surface area contributed by atoms with Crippen LogP contribution in [0.1, 0.15) is 5.56 Å². The third-order valence-corrected chi connectivity index (χ3v) is 2.91. The van der Waals surface area contributed by atoms with Crippen molar-refractivity contribution in [3.05, 3.63) is 28.2 Å². The molecule has 0 atom stereocenters. The van der Waals surface area contributed by atoms with Gasteiger partial charge in [-0.1, -0.05) is 12.1 Å². The maximum absolute atomic E-state index is 10.4. The minimum absolute atomic E-state index is 0.0122. The smallest absolute Gasteiger partial charge is 0.307 e. The van der Waals surface area contributed by atoms with E-state index in [2.05, 4.69) is 28.6 Å². The summed E-state index contributed by atoms with van der Waals surface area (Å²) in [5.74, 6) is -0.844. The Labute approximate surface area is 84.1 Å². The van der Waals surface area contributed by atoms with Gasteiger partial charge >= 0.3 is 5.97 Å². The zero-order valence-electron chi connectivity index (χ0n) is 6.12. The van der Waals surface area contributed by atoms with Crippen LogP contribution in [0.25, 0.3) is 0 Å². The first kappa shape index (κ1) is 9.61. The van der Waals surface area contributed by atoms with Gasteiger partial charge in [-0.15, -0.1) is 12.6 Å². The van der Waals surface area contributed by atoms with E-state index >= 15 is 0 Å². The second-order valence-corrected chi connectivity index (χ2v) is 3.62. The fourth-order valence-corrected chi connectivity index (χ4v) is 1.50. The fraction of sp³-hybridized carbons (Fsp3) is 0.125. The van der Waals surface area contributed by atoms with Gasteiger partial charge in [-0.25, -0.2) is 0 Å². The van der Waals surface area contributed by atoms with Crippen LogP contribution in [0.3, 0.4) is 0 Å². The predicted molar refractivity (Wildman–Crippen MR) is 52.7 cm³/mol. The monoisotopic (exact) mass is 246 g/mol. The van der Waals surface area contributed by atoms with Gasteiger partial charge in [0, 0.05) is 9.37 Å². The Balaban J connectivity index is 3.00. The number of carbonyl (C=O) groups is 1. The molecule has 0 radical (unpaired) electrons. The summed E-state index contributed by atoms with van der Waals surface area (Å²) in [6.07, 6.45) is 0.0122. The van der Waals surface area contributed by atoms with Crippen LogP contribution in [0.2, 0.25) is 0 Å². The molecule has 0 spiro atoms. The Kier molecular flexibility index (Phi) is 3.17. The van der Waals surface area contributed by atoms with E-state index < -0.39 is 5.97 Å². The van der Waals surface area contributed by atoms with E-state index in [1.807, 2.05) is 6.07 Å². The second kappa shape index (κ2) is 3.96. The first-order chi connectivity index (χ1) is 5.61. The molecule has 1 aromatic rings. The van der Waals surface area contributed by atoms with Crippen LogP contribution in [0.4, 0.5) is 0 Å². The average molecular weight is 247 g/mol. The minimum Gasteiger partial charge on any atom is -0.481 e. The van der Waals surface area contributed by atoms with Crippen molar-refractivity contribution in [1.29, 1.82) is 0 Å². The first-order valence-electron chi connectivity index (χ1n) is 3.29. The number of carboxylic acids is 1. The van der Waals surface area contributed by atoms with Crippen molar-refractivity contribution in [2.45, 2.75) is 11.3 Å². The van der Waals surface area contributed by atoms with Crippen molar-refractivity contribution in [3.63, 3.8) is 0 Å². The lowest BCUT2D eigenvalue weighted by Gasteiger charge is -2.02. The van der Waals surface area contributed by atoms with Crippen molar-refractivity contribution in [2.24, 2.45) is 0 Å². The van der Waals surface area contributed by atoms with Crippen LogP contribution in [-0.4, -0.2) is 11.1 Å². The maximum Gasteiger partial charge on any atom is 0.307 e. The van der Waals surface area contributed by atoms with Crippen molar-refractivity contribution in [3.8, 4) is 0 Å². The highest BCUT2D eigenvalue weighted by molar-refractivity contribution is 9.10. The van der Waals surface area contributed by atoms with Crippen molar-refractivity contribution < 1.29 is 9.90 Å². The van der Waals surface area contributed by atoms with E-state index in [0.717, 1.165) is 10.0 Å². The van der Waals surface area contributed by atoms with Crippen LogP contribution < -0.4 is 0 Å². The van der Waals surface area contributed by atoms with Gasteiger partial charge in [-0.3, -0.25) is 4.79 Å². The largest absolute Gasteiger partial charge is 0.481 e. The highest BCUT2D eigenvalue weighted by Gasteiger charge is 2.05. The fourth-order valence-electron chi connectivity index (χ4n) is 0.866. The molecule has 0 aliphatic heterocycles. The maximum atomic E-state index is 10.4. The molecule has 0 aliphatic carbocycles. The molecular formula is C8H7BrO2S. The SMILES string of the molecule is O=C(O)Cc1cccc(Br)c1S. The molecule has 0 amide bonds. The van der Waals surface area contributed by atoms with Crippen LogP contribution in [0.5, 0.6) is 0 Å². The molecule has 2 nitrogen and oxygen atoms in total. The van der Waals surface area contributed by atoms with E-state index in [1.165, 1.54) is 0 Å². The molecule has 0 aliphatic rings. The zero-order chi connectivity index (χ0) is 9.14. The number of rotatable bonds is 2. The van der Waals surface area contributed by atoms with Gasteiger partial charge in [0.2, 0.25) is 0 Å². The van der Waals surface area contributed by atoms with Crippen LogP contribution in [0, 0.1) is 0 Å². The molecule has 1 N–H and O–H groups in total. The summed E-state index contributed by atoms with van der Waals surface area (Å²) in [7, 11) is 0. The van der Waals surface area contributed by atoms with Crippen LogP contribution in [0.15, 0.2) is 27.6 Å². The lowest BCUT2D eigenvalue weighted by atomic mass is 10.1. The highest BCUT2D eigenvalue weighted by Crippen LogP contribution is 2.24. The van der Waals surface area contributed by atoms with E-state index in [0.29, 0.717) is 4.90 Å². The second-order valence-electron chi connectivity index (χ2n) is 2.32. The number of thiol groups is 1. The summed E-state index contributed by atoms with van der Waals surface area (Å²) in [6, 6.07) is 5.37. The molecule has 0 heterocycles. The lowest BCUT2D eigenvalue weighted by Crippen LogP contribution is -2.00. The molecule has 4 heteroatoms. The number of aliphatic carboxylic acids is 1. The predicted octanol–water partition coefficient (Wildman–Crippen LogP) is 2.36. The molecule has 12 heavy (non-hydrogen) atoms. The zero-order valence-corrected chi connectivity index (χ0v) is 8.60. The number of hydrogen-bond acceptors (Lipinski definition) is 2. The van der Waals surface area contributed by atoms with Gasteiger partial charge in [0.25, 0.3) is 0 Å². The Morgan fingerprint density at radius 2 is 2.25 bits per heavy atom. The molecule has 0 saturated carbocycles. The number of hydrogen-bond donors (Lipinski definition) is 2. The summed E-state index contributed by atoms with van der Waals surface area (Å²) in [4.78, 5) is 11.1. The molecule has 0 bridgehead atoms. The number of halogens is 1. The summed E-state index contributed by atoms with van der Waals surface area (Å²) >= 11 is 7.44. The molecular weight excluding hydrogens is 240 g/mol. The van der Waals surface area contributed by atoms with Crippen LogP contribution in [-0.2, 0) is 11.2 Å². The van der Waals surface area contributed by atoms with E-state index in [1.54, 1.807) is 12.1 Å². The summed E-state index contributed by atoms with van der Waals surface area (Å²) in [6.45, 7) is 0. The molecule has 0 unspecified atom stereocenters. The average Bonchev–Trinajstić information content (AvgIpc) is 1.98. The molecule has 1 rings (SSSR count). The Hall–Kier alpha value is -0.480. The molecule has 0 aromatic heterocycles. The summed E-state index contributed by atoms with van der Waals surface area (Å²) < 4.78 is 0.824. The van der Waals surface area contributed by atoms with Gasteiger partial charge in [0.1, 0.15) is 0 Å². The minimum atomic E-state index is -0.844. The van der Waals surface area contributed by atoms with Gasteiger partial charge in [0.15, 0.2) is 0 Å². The van der Waals surface area contributed by atoms with Crippen LogP contribution >= 0.6 is 28.6 Å². The quantitative estimate of drug-likeness (QED) is 0.787. The summed E-state index contributed by atoms with van der Waals surface area (Å²) in [5, 5.41) is 8.53. The molecule has 1 aromatic carbocycles. The first-order valence-corrected chi connectivity index (χ1v) is 4.53.